The molecule has 2 rings (SSSR count). The number of likely N-dealkylation sites (N-methyl/N-ethyl adjacent to an activating group) is 1. The monoisotopic (exact) mass is 268 g/mol. The van der Waals surface area contributed by atoms with Crippen LogP contribution in [0.1, 0.15) is 12.0 Å². The summed E-state index contributed by atoms with van der Waals surface area (Å²) in [5.74, 6) is -1.32. The molecule has 0 saturated carbocycles. The summed E-state index contributed by atoms with van der Waals surface area (Å²) in [6.07, 6.45) is -0.243. The van der Waals surface area contributed by atoms with Gasteiger partial charge in [-0.15, -0.1) is 0 Å². The number of rotatable bonds is 2. The van der Waals surface area contributed by atoms with Gasteiger partial charge in [-0.25, -0.2) is 0 Å². The van der Waals surface area contributed by atoms with Crippen LogP contribution in [0.15, 0.2) is 12.1 Å². The number of anilines is 2. The average Bonchev–Trinajstić information content (AvgIpc) is 2.26. The molecule has 96 valence electrons. The van der Waals surface area contributed by atoms with Crippen LogP contribution >= 0.6 is 11.6 Å². The topological polar surface area (TPSA) is 69.6 Å². The Morgan fingerprint density at radius 2 is 2.22 bits per heavy atom. The Morgan fingerprint density at radius 3 is 2.83 bits per heavy atom. The maximum atomic E-state index is 11.9. The van der Waals surface area contributed by atoms with E-state index in [1.165, 1.54) is 0 Å². The van der Waals surface area contributed by atoms with Crippen LogP contribution < -0.4 is 10.2 Å². The van der Waals surface area contributed by atoms with Crippen LogP contribution in [-0.2, 0) is 9.59 Å². The summed E-state index contributed by atoms with van der Waals surface area (Å²) >= 11 is 5.98. The van der Waals surface area contributed by atoms with Crippen molar-refractivity contribution in [2.75, 3.05) is 17.3 Å². The second-order valence-corrected chi connectivity index (χ2v) is 4.77. The van der Waals surface area contributed by atoms with Crippen molar-refractivity contribution in [3.63, 3.8) is 0 Å². The van der Waals surface area contributed by atoms with Crippen molar-refractivity contribution in [1.82, 2.24) is 0 Å². The van der Waals surface area contributed by atoms with Gasteiger partial charge in [-0.1, -0.05) is 11.6 Å². The highest BCUT2D eigenvalue weighted by atomic mass is 35.5. The third kappa shape index (κ3) is 2.13. The van der Waals surface area contributed by atoms with Crippen molar-refractivity contribution < 1.29 is 14.7 Å². The molecule has 1 unspecified atom stereocenters. The molecule has 2 N–H and O–H groups in total. The van der Waals surface area contributed by atoms with Crippen LogP contribution in [0.3, 0.4) is 0 Å². The molecule has 0 radical (unpaired) electrons. The van der Waals surface area contributed by atoms with Crippen LogP contribution in [0.2, 0.25) is 5.02 Å². The number of nitrogens with one attached hydrogen (secondary N) is 1. The normalized spacial score (nSPS) is 18.3. The number of nitrogens with zero attached hydrogens (tertiary/aromatic N) is 1. The standard InChI is InChI=1S/C12H13ClN2O3/c1-6-3-7(13)4-8-11(6)14-12(18)9(15(8)2)5-10(16)17/h3-4,9H,5H2,1-2H3,(H,14,18)(H,16,17). The molecule has 1 amide bonds. The van der Waals surface area contributed by atoms with Gasteiger partial charge in [0.25, 0.3) is 0 Å². The number of carbonyl (C=O) groups is 2. The summed E-state index contributed by atoms with van der Waals surface area (Å²) in [6.45, 7) is 1.84. The van der Waals surface area contributed by atoms with Gasteiger partial charge in [0.1, 0.15) is 6.04 Å². The first-order chi connectivity index (χ1) is 8.40. The Kier molecular flexibility index (Phi) is 3.17. The lowest BCUT2D eigenvalue weighted by Gasteiger charge is -2.35. The highest BCUT2D eigenvalue weighted by Crippen LogP contribution is 2.36. The van der Waals surface area contributed by atoms with Crippen molar-refractivity contribution in [3.05, 3.63) is 22.7 Å². The fourth-order valence-corrected chi connectivity index (χ4v) is 2.38. The van der Waals surface area contributed by atoms with E-state index in [2.05, 4.69) is 5.32 Å². The first-order valence-electron chi connectivity index (χ1n) is 5.46. The molecule has 1 aromatic carbocycles. The van der Waals surface area contributed by atoms with Crippen molar-refractivity contribution in [2.45, 2.75) is 19.4 Å². The predicted molar refractivity (Wildman–Crippen MR) is 69.3 cm³/mol. The maximum Gasteiger partial charge on any atom is 0.305 e. The molecule has 0 spiro atoms. The Hall–Kier alpha value is -1.75. The molecule has 5 nitrogen and oxygen atoms in total. The smallest absolute Gasteiger partial charge is 0.305 e. The van der Waals surface area contributed by atoms with E-state index in [0.29, 0.717) is 10.7 Å². The first-order valence-corrected chi connectivity index (χ1v) is 5.83. The number of halogens is 1. The molecule has 1 heterocycles. The molecule has 18 heavy (non-hydrogen) atoms. The highest BCUT2D eigenvalue weighted by molar-refractivity contribution is 6.31. The summed E-state index contributed by atoms with van der Waals surface area (Å²) in [5.41, 5.74) is 2.28. The Balaban J connectivity index is 2.45. The molecule has 0 aromatic heterocycles. The lowest BCUT2D eigenvalue weighted by atomic mass is 10.0. The lowest BCUT2D eigenvalue weighted by molar-refractivity contribution is -0.138. The Labute approximate surface area is 109 Å². The molecule has 0 saturated heterocycles. The zero-order valence-corrected chi connectivity index (χ0v) is 10.8. The fraction of sp³-hybridized carbons (Fsp3) is 0.333. The van der Waals surface area contributed by atoms with E-state index < -0.39 is 12.0 Å². The zero-order valence-electron chi connectivity index (χ0n) is 10.0. The van der Waals surface area contributed by atoms with E-state index in [0.717, 1.165) is 11.3 Å². The second kappa shape index (κ2) is 4.49. The predicted octanol–water partition coefficient (Wildman–Crippen LogP) is 1.88. The third-order valence-electron chi connectivity index (χ3n) is 3.05. The van der Waals surface area contributed by atoms with Gasteiger partial charge in [0.15, 0.2) is 0 Å². The minimum Gasteiger partial charge on any atom is -0.481 e. The van der Waals surface area contributed by atoms with E-state index in [9.17, 15) is 9.59 Å². The number of amides is 1. The molecule has 1 atom stereocenters. The van der Waals surface area contributed by atoms with Gasteiger partial charge in [0, 0.05) is 12.1 Å². The van der Waals surface area contributed by atoms with E-state index in [-0.39, 0.29) is 12.3 Å². The van der Waals surface area contributed by atoms with Crippen molar-refractivity contribution in [3.8, 4) is 0 Å². The molecule has 1 aromatic rings. The zero-order chi connectivity index (χ0) is 13.4. The van der Waals surface area contributed by atoms with Gasteiger partial charge in [-0.3, -0.25) is 9.59 Å². The molecule has 1 aliphatic rings. The minimum atomic E-state index is -1.01. The van der Waals surface area contributed by atoms with E-state index in [1.807, 2.05) is 6.92 Å². The summed E-state index contributed by atoms with van der Waals surface area (Å²) in [5, 5.41) is 12.1. The highest BCUT2D eigenvalue weighted by Gasteiger charge is 2.33. The Bertz CT molecular complexity index is 530. The molecule has 6 heteroatoms. The second-order valence-electron chi connectivity index (χ2n) is 4.33. The maximum absolute atomic E-state index is 11.9. The Morgan fingerprint density at radius 1 is 1.56 bits per heavy atom. The van der Waals surface area contributed by atoms with Crippen molar-refractivity contribution in [1.29, 1.82) is 0 Å². The molecule has 0 bridgehead atoms. The van der Waals surface area contributed by atoms with E-state index in [4.69, 9.17) is 16.7 Å². The molecular formula is C12H13ClN2O3. The van der Waals surface area contributed by atoms with Gasteiger partial charge in [-0.05, 0) is 24.6 Å². The van der Waals surface area contributed by atoms with Crippen LogP contribution in [0, 0.1) is 6.92 Å². The summed E-state index contributed by atoms with van der Waals surface area (Å²) < 4.78 is 0. The van der Waals surface area contributed by atoms with Gasteiger partial charge >= 0.3 is 5.97 Å². The quantitative estimate of drug-likeness (QED) is 0.859. The van der Waals surface area contributed by atoms with Gasteiger partial charge in [0.05, 0.1) is 17.8 Å². The van der Waals surface area contributed by atoms with Crippen LogP contribution in [-0.4, -0.2) is 30.1 Å². The van der Waals surface area contributed by atoms with Gasteiger partial charge in [-0.2, -0.15) is 0 Å². The molecule has 1 aliphatic heterocycles. The van der Waals surface area contributed by atoms with Gasteiger partial charge < -0.3 is 15.3 Å². The van der Waals surface area contributed by atoms with Crippen molar-refractivity contribution >= 4 is 34.9 Å². The van der Waals surface area contributed by atoms with E-state index in [1.54, 1.807) is 24.1 Å². The SMILES string of the molecule is Cc1cc(Cl)cc2c1NC(=O)C(CC(=O)O)N2C. The molecule has 0 aliphatic carbocycles. The molecule has 0 fully saturated rings. The number of carboxylic acid groups (broad SMARTS) is 1. The first kappa shape index (κ1) is 12.7. The van der Waals surface area contributed by atoms with Crippen LogP contribution in [0.5, 0.6) is 0 Å². The minimum absolute atomic E-state index is 0.243. The van der Waals surface area contributed by atoms with E-state index >= 15 is 0 Å². The average molecular weight is 269 g/mol. The number of carbonyl (C=O) groups excluding carboxylic acids is 1. The lowest BCUT2D eigenvalue weighted by Crippen LogP contribution is -2.47. The number of fused-ring (bicyclic) bond motifs is 1. The number of benzene rings is 1. The number of aliphatic carboxylic acids is 1. The number of hydrogen-bond acceptors (Lipinski definition) is 3. The molecular weight excluding hydrogens is 256 g/mol. The van der Waals surface area contributed by atoms with Crippen LogP contribution in [0.25, 0.3) is 0 Å². The number of hydrogen-bond donors (Lipinski definition) is 2. The third-order valence-corrected chi connectivity index (χ3v) is 3.26. The summed E-state index contributed by atoms with van der Waals surface area (Å²) in [6, 6.07) is 2.76. The summed E-state index contributed by atoms with van der Waals surface area (Å²) in [4.78, 5) is 24.3. The number of carboxylic acids is 1. The van der Waals surface area contributed by atoms with Crippen molar-refractivity contribution in [2.24, 2.45) is 0 Å². The van der Waals surface area contributed by atoms with Crippen LogP contribution in [0.4, 0.5) is 11.4 Å². The number of aryl methyl sites for hydroxylation is 1. The summed E-state index contributed by atoms with van der Waals surface area (Å²) in [7, 11) is 1.70. The largest absolute Gasteiger partial charge is 0.481 e. The fourth-order valence-electron chi connectivity index (χ4n) is 2.11. The van der Waals surface area contributed by atoms with Gasteiger partial charge in [0.2, 0.25) is 5.91 Å².